The molecule has 0 spiro atoms. The van der Waals surface area contributed by atoms with E-state index in [1.54, 1.807) is 24.5 Å². The Hall–Kier alpha value is -2.97. The van der Waals surface area contributed by atoms with Crippen LogP contribution >= 0.6 is 23.5 Å². The van der Waals surface area contributed by atoms with Gasteiger partial charge in [0.2, 0.25) is 0 Å². The number of pyridine rings is 1. The van der Waals surface area contributed by atoms with Crippen molar-refractivity contribution in [3.05, 3.63) is 89.7 Å². The van der Waals surface area contributed by atoms with E-state index in [2.05, 4.69) is 27.8 Å². The van der Waals surface area contributed by atoms with Crippen molar-refractivity contribution in [2.24, 2.45) is 0 Å². The van der Waals surface area contributed by atoms with Gasteiger partial charge in [0.1, 0.15) is 5.75 Å². The number of nitrogens with one attached hydrogen (secondary N) is 2. The zero-order chi connectivity index (χ0) is 22.9. The van der Waals surface area contributed by atoms with Crippen LogP contribution < -0.4 is 15.4 Å². The Bertz CT molecular complexity index is 1070. The second kappa shape index (κ2) is 11.8. The summed E-state index contributed by atoms with van der Waals surface area (Å²) < 4.78 is 6.12. The van der Waals surface area contributed by atoms with Crippen molar-refractivity contribution in [1.82, 2.24) is 10.3 Å². The van der Waals surface area contributed by atoms with E-state index in [-0.39, 0.29) is 18.4 Å². The average Bonchev–Trinajstić information content (AvgIpc) is 2.88. The van der Waals surface area contributed by atoms with Gasteiger partial charge >= 0.3 is 0 Å². The maximum atomic E-state index is 12.3. The number of nitrogens with zero attached hydrogens (tertiary/aromatic N) is 1. The molecule has 0 atom stereocenters. The third-order valence-corrected chi connectivity index (χ3v) is 7.98. The number of thioether (sulfide) groups is 2. The molecule has 33 heavy (non-hydrogen) atoms. The van der Waals surface area contributed by atoms with Gasteiger partial charge in [-0.3, -0.25) is 14.6 Å². The topological polar surface area (TPSA) is 80.3 Å². The van der Waals surface area contributed by atoms with E-state index in [4.69, 9.17) is 4.74 Å². The first-order chi connectivity index (χ1) is 16.2. The zero-order valence-corrected chi connectivity index (χ0v) is 19.7. The van der Waals surface area contributed by atoms with E-state index < -0.39 is 0 Å². The van der Waals surface area contributed by atoms with Crippen LogP contribution in [0.5, 0.6) is 5.75 Å². The fourth-order valence-electron chi connectivity index (χ4n) is 3.27. The fraction of sp³-hybridized carbons (Fsp3) is 0.240. The van der Waals surface area contributed by atoms with Gasteiger partial charge in [-0.05, 0) is 65.5 Å². The van der Waals surface area contributed by atoms with Crippen LogP contribution in [0.25, 0.3) is 0 Å². The molecule has 1 aromatic heterocycles. The maximum Gasteiger partial charge on any atom is 0.258 e. The summed E-state index contributed by atoms with van der Waals surface area (Å²) in [5, 5.41) is 5.71. The molecule has 2 aromatic carbocycles. The molecule has 0 saturated carbocycles. The number of hydrogen-bond acceptors (Lipinski definition) is 6. The van der Waals surface area contributed by atoms with Crippen molar-refractivity contribution in [2.45, 2.75) is 17.5 Å². The number of carbonyl (C=O) groups is 2. The van der Waals surface area contributed by atoms with Crippen LogP contribution in [0.15, 0.2) is 73.1 Å². The summed E-state index contributed by atoms with van der Waals surface area (Å²) in [6.07, 6.45) is 4.42. The van der Waals surface area contributed by atoms with Crippen molar-refractivity contribution >= 4 is 41.0 Å². The highest BCUT2D eigenvalue weighted by Gasteiger charge is 2.16. The Morgan fingerprint density at radius 1 is 1.00 bits per heavy atom. The molecule has 6 nitrogen and oxygen atoms in total. The summed E-state index contributed by atoms with van der Waals surface area (Å²) in [6.45, 7) is 0.293. The number of benzene rings is 2. The molecule has 1 aliphatic rings. The Morgan fingerprint density at radius 2 is 1.76 bits per heavy atom. The lowest BCUT2D eigenvalue weighted by Gasteiger charge is -2.21. The van der Waals surface area contributed by atoms with Gasteiger partial charge in [-0.25, -0.2) is 0 Å². The molecule has 0 bridgehead atoms. The van der Waals surface area contributed by atoms with E-state index in [9.17, 15) is 9.59 Å². The Labute approximate surface area is 201 Å². The van der Waals surface area contributed by atoms with Gasteiger partial charge in [0.25, 0.3) is 11.8 Å². The standard InChI is InChI=1S/C25H25N3O3S2/c29-23(17-31-22-7-5-20(6-8-22)25-32-13-2-14-33-25)27-16-18-3-1-4-21(15-18)28-24(30)19-9-11-26-12-10-19/h1,3-12,15,25H,2,13-14,16-17H2,(H,27,29)(H,28,30). The molecule has 2 heterocycles. The average molecular weight is 480 g/mol. The molecule has 3 aromatic rings. The molecular weight excluding hydrogens is 454 g/mol. The van der Waals surface area contributed by atoms with Crippen molar-refractivity contribution in [3.63, 3.8) is 0 Å². The van der Waals surface area contributed by atoms with Crippen LogP contribution in [0.1, 0.15) is 32.5 Å². The number of amides is 2. The summed E-state index contributed by atoms with van der Waals surface area (Å²) in [7, 11) is 0. The number of hydrogen-bond donors (Lipinski definition) is 2. The number of aromatic nitrogens is 1. The van der Waals surface area contributed by atoms with Crippen LogP contribution in [-0.2, 0) is 11.3 Å². The van der Waals surface area contributed by atoms with E-state index in [0.29, 0.717) is 28.1 Å². The third-order valence-electron chi connectivity index (χ3n) is 4.97. The summed E-state index contributed by atoms with van der Waals surface area (Å²) in [4.78, 5) is 28.4. The van der Waals surface area contributed by atoms with Gasteiger partial charge in [-0.2, -0.15) is 0 Å². The molecule has 2 N–H and O–H groups in total. The predicted octanol–water partition coefficient (Wildman–Crippen LogP) is 4.90. The van der Waals surface area contributed by atoms with Crippen molar-refractivity contribution in [2.75, 3.05) is 23.4 Å². The number of ether oxygens (including phenoxy) is 1. The van der Waals surface area contributed by atoms with E-state index in [0.717, 1.165) is 5.56 Å². The molecule has 1 aliphatic heterocycles. The van der Waals surface area contributed by atoms with Gasteiger partial charge < -0.3 is 15.4 Å². The lowest BCUT2D eigenvalue weighted by atomic mass is 10.2. The Balaban J connectivity index is 1.23. The zero-order valence-electron chi connectivity index (χ0n) is 18.0. The maximum absolute atomic E-state index is 12.3. The monoisotopic (exact) mass is 479 g/mol. The van der Waals surface area contributed by atoms with Gasteiger partial charge in [-0.15, -0.1) is 23.5 Å². The van der Waals surface area contributed by atoms with Gasteiger partial charge in [0.05, 0.1) is 4.58 Å². The van der Waals surface area contributed by atoms with Crippen LogP contribution in [-0.4, -0.2) is 34.9 Å². The van der Waals surface area contributed by atoms with Crippen LogP contribution in [0.3, 0.4) is 0 Å². The highest BCUT2D eigenvalue weighted by atomic mass is 32.2. The molecule has 1 saturated heterocycles. The minimum atomic E-state index is -0.210. The van der Waals surface area contributed by atoms with Crippen molar-refractivity contribution < 1.29 is 14.3 Å². The lowest BCUT2D eigenvalue weighted by Crippen LogP contribution is -2.28. The Morgan fingerprint density at radius 3 is 2.52 bits per heavy atom. The van der Waals surface area contributed by atoms with Crippen molar-refractivity contribution in [1.29, 1.82) is 0 Å². The fourth-order valence-corrected chi connectivity index (χ4v) is 6.16. The predicted molar refractivity (Wildman–Crippen MR) is 135 cm³/mol. The van der Waals surface area contributed by atoms with Crippen LogP contribution in [0.2, 0.25) is 0 Å². The highest BCUT2D eigenvalue weighted by molar-refractivity contribution is 8.16. The van der Waals surface area contributed by atoms with Gasteiger partial charge in [-0.1, -0.05) is 24.3 Å². The molecule has 4 rings (SSSR count). The molecule has 0 aliphatic carbocycles. The van der Waals surface area contributed by atoms with E-state index >= 15 is 0 Å². The van der Waals surface area contributed by atoms with Crippen LogP contribution in [0, 0.1) is 0 Å². The summed E-state index contributed by atoms with van der Waals surface area (Å²) in [5.41, 5.74) is 3.36. The summed E-state index contributed by atoms with van der Waals surface area (Å²) in [6, 6.07) is 18.7. The first-order valence-corrected chi connectivity index (χ1v) is 12.8. The molecular formula is C25H25N3O3S2. The first-order valence-electron chi connectivity index (χ1n) is 10.7. The number of rotatable bonds is 8. The second-order valence-corrected chi connectivity index (χ2v) is 10.2. The molecule has 0 radical (unpaired) electrons. The SMILES string of the molecule is O=C(COc1ccc(C2SCCCS2)cc1)NCc1cccc(NC(=O)c2ccncc2)c1. The first kappa shape index (κ1) is 23.2. The van der Waals surface area contributed by atoms with Gasteiger partial charge in [0, 0.05) is 30.2 Å². The second-order valence-electron chi connectivity index (χ2n) is 7.45. The van der Waals surface area contributed by atoms with Gasteiger partial charge in [0.15, 0.2) is 6.61 Å². The normalized spacial score (nSPS) is 13.8. The highest BCUT2D eigenvalue weighted by Crippen LogP contribution is 2.43. The minimum Gasteiger partial charge on any atom is -0.484 e. The quantitative estimate of drug-likeness (QED) is 0.478. The minimum absolute atomic E-state index is 0.0508. The smallest absolute Gasteiger partial charge is 0.258 e. The molecule has 2 amide bonds. The van der Waals surface area contributed by atoms with Crippen LogP contribution in [0.4, 0.5) is 5.69 Å². The lowest BCUT2D eigenvalue weighted by molar-refractivity contribution is -0.123. The van der Waals surface area contributed by atoms with Crippen molar-refractivity contribution in [3.8, 4) is 5.75 Å². The largest absolute Gasteiger partial charge is 0.484 e. The molecule has 0 unspecified atom stereocenters. The number of carbonyl (C=O) groups excluding carboxylic acids is 2. The van der Waals surface area contributed by atoms with E-state index in [1.165, 1.54) is 23.5 Å². The third kappa shape index (κ3) is 7.00. The molecule has 170 valence electrons. The molecule has 8 heteroatoms. The summed E-state index contributed by atoms with van der Waals surface area (Å²) >= 11 is 3.96. The molecule has 1 fully saturated rings. The summed E-state index contributed by atoms with van der Waals surface area (Å²) in [5.74, 6) is 2.68. The number of anilines is 1. The van der Waals surface area contributed by atoms with E-state index in [1.807, 2.05) is 59.9 Å². The Kier molecular flexibility index (Phi) is 8.27.